The van der Waals surface area contributed by atoms with Gasteiger partial charge in [0.15, 0.2) is 5.82 Å². The van der Waals surface area contributed by atoms with E-state index in [1.807, 2.05) is 0 Å². The molecule has 1 aromatic heterocycles. The molecule has 0 aliphatic carbocycles. The first-order valence-electron chi connectivity index (χ1n) is 5.79. The largest absolute Gasteiger partial charge is 0.351 e. The van der Waals surface area contributed by atoms with Crippen molar-refractivity contribution in [3.63, 3.8) is 0 Å². The van der Waals surface area contributed by atoms with Gasteiger partial charge in [-0.2, -0.15) is 0 Å². The molecule has 0 fully saturated rings. The number of rotatable bonds is 6. The number of likely N-dealkylation sites (N-methyl/N-ethyl adjacent to an activating group) is 1. The topological polar surface area (TPSA) is 45.2 Å². The Balaban J connectivity index is 2.43. The second-order valence-electron chi connectivity index (χ2n) is 3.64. The van der Waals surface area contributed by atoms with E-state index >= 15 is 0 Å². The Kier molecular flexibility index (Phi) is 5.56. The van der Waals surface area contributed by atoms with Crippen LogP contribution in [0.15, 0.2) is 18.5 Å². The maximum Gasteiger partial charge on any atom is 0.254 e. The van der Waals surface area contributed by atoms with Crippen molar-refractivity contribution in [2.75, 3.05) is 26.2 Å². The highest BCUT2D eigenvalue weighted by molar-refractivity contribution is 5.94. The van der Waals surface area contributed by atoms with Gasteiger partial charge in [-0.05, 0) is 19.2 Å². The summed E-state index contributed by atoms with van der Waals surface area (Å²) in [6, 6.07) is 1.38. The molecule has 0 saturated heterocycles. The highest BCUT2D eigenvalue weighted by Crippen LogP contribution is 2.03. The van der Waals surface area contributed by atoms with Crippen LogP contribution >= 0.6 is 0 Å². The molecule has 4 nitrogen and oxygen atoms in total. The number of pyridine rings is 1. The quantitative estimate of drug-likeness (QED) is 0.813. The van der Waals surface area contributed by atoms with E-state index in [1.54, 1.807) is 0 Å². The molecule has 0 aromatic carbocycles. The molecule has 0 unspecified atom stereocenters. The van der Waals surface area contributed by atoms with Gasteiger partial charge in [0.25, 0.3) is 5.91 Å². The summed E-state index contributed by atoms with van der Waals surface area (Å²) in [5, 5.41) is 2.69. The van der Waals surface area contributed by atoms with Gasteiger partial charge in [-0.15, -0.1) is 0 Å². The van der Waals surface area contributed by atoms with Crippen LogP contribution in [-0.2, 0) is 0 Å². The van der Waals surface area contributed by atoms with Gasteiger partial charge in [0.05, 0.1) is 11.8 Å². The van der Waals surface area contributed by atoms with Crippen molar-refractivity contribution in [1.82, 2.24) is 15.2 Å². The number of nitrogens with one attached hydrogen (secondary N) is 1. The molecule has 0 radical (unpaired) electrons. The molecule has 5 heteroatoms. The van der Waals surface area contributed by atoms with Crippen molar-refractivity contribution >= 4 is 5.91 Å². The molecule has 0 atom stereocenters. The fourth-order valence-corrected chi connectivity index (χ4v) is 1.52. The highest BCUT2D eigenvalue weighted by Gasteiger charge is 2.10. The fraction of sp³-hybridized carbons (Fsp3) is 0.500. The van der Waals surface area contributed by atoms with E-state index in [1.165, 1.54) is 12.3 Å². The highest BCUT2D eigenvalue weighted by atomic mass is 19.1. The Labute approximate surface area is 101 Å². The predicted molar refractivity (Wildman–Crippen MR) is 64.3 cm³/mol. The Bertz CT molecular complexity index is 367. The molecule has 94 valence electrons. The van der Waals surface area contributed by atoms with Crippen molar-refractivity contribution in [1.29, 1.82) is 0 Å². The van der Waals surface area contributed by atoms with Gasteiger partial charge in [-0.1, -0.05) is 13.8 Å². The lowest BCUT2D eigenvalue weighted by molar-refractivity contribution is 0.0944. The maximum absolute atomic E-state index is 13.2. The normalized spacial score (nSPS) is 10.6. The van der Waals surface area contributed by atoms with Crippen LogP contribution in [0.1, 0.15) is 24.2 Å². The van der Waals surface area contributed by atoms with Gasteiger partial charge >= 0.3 is 0 Å². The van der Waals surface area contributed by atoms with Gasteiger partial charge in [-0.3, -0.25) is 9.78 Å². The summed E-state index contributed by atoms with van der Waals surface area (Å²) in [6.07, 6.45) is 2.45. The van der Waals surface area contributed by atoms with E-state index in [0.717, 1.165) is 25.8 Å². The second-order valence-corrected chi connectivity index (χ2v) is 3.64. The molecule has 1 amide bonds. The molecule has 0 aliphatic heterocycles. The van der Waals surface area contributed by atoms with E-state index in [9.17, 15) is 9.18 Å². The van der Waals surface area contributed by atoms with E-state index < -0.39 is 11.7 Å². The zero-order valence-corrected chi connectivity index (χ0v) is 10.2. The number of hydrogen-bond donors (Lipinski definition) is 1. The molecule has 0 bridgehead atoms. The van der Waals surface area contributed by atoms with Gasteiger partial charge in [-0.25, -0.2) is 4.39 Å². The summed E-state index contributed by atoms with van der Waals surface area (Å²) in [5.41, 5.74) is 0.0412. The zero-order chi connectivity index (χ0) is 12.7. The molecule has 1 heterocycles. The van der Waals surface area contributed by atoms with Crippen LogP contribution < -0.4 is 5.32 Å². The Morgan fingerprint density at radius 3 is 2.76 bits per heavy atom. The first-order valence-corrected chi connectivity index (χ1v) is 5.79. The number of nitrogens with zero attached hydrogens (tertiary/aromatic N) is 2. The van der Waals surface area contributed by atoms with Crippen LogP contribution in [0, 0.1) is 5.82 Å². The standard InChI is InChI=1S/C12H18FN3O/c1-3-16(4-2)8-7-15-12(17)10-5-6-14-9-11(10)13/h5-6,9H,3-4,7-8H2,1-2H3,(H,15,17). The number of carbonyl (C=O) groups is 1. The molecule has 0 saturated carbocycles. The van der Waals surface area contributed by atoms with Crippen LogP contribution in [0.2, 0.25) is 0 Å². The first kappa shape index (κ1) is 13.6. The summed E-state index contributed by atoms with van der Waals surface area (Å²) in [6.45, 7) is 7.29. The van der Waals surface area contributed by atoms with Crippen LogP contribution in [0.3, 0.4) is 0 Å². The first-order chi connectivity index (χ1) is 8.19. The zero-order valence-electron chi connectivity index (χ0n) is 10.2. The predicted octanol–water partition coefficient (Wildman–Crippen LogP) is 1.29. The minimum absolute atomic E-state index is 0.0412. The summed E-state index contributed by atoms with van der Waals surface area (Å²) < 4.78 is 13.2. The van der Waals surface area contributed by atoms with Crippen LogP contribution in [-0.4, -0.2) is 42.0 Å². The van der Waals surface area contributed by atoms with Crippen molar-refractivity contribution < 1.29 is 9.18 Å². The van der Waals surface area contributed by atoms with Crippen molar-refractivity contribution in [3.8, 4) is 0 Å². The number of hydrogen-bond acceptors (Lipinski definition) is 3. The Morgan fingerprint density at radius 1 is 1.47 bits per heavy atom. The van der Waals surface area contributed by atoms with E-state index in [4.69, 9.17) is 0 Å². The second kappa shape index (κ2) is 6.96. The van der Waals surface area contributed by atoms with Crippen LogP contribution in [0.4, 0.5) is 4.39 Å². The molecular formula is C12H18FN3O. The molecule has 1 rings (SSSR count). The summed E-state index contributed by atoms with van der Waals surface area (Å²) in [7, 11) is 0. The van der Waals surface area contributed by atoms with Crippen molar-refractivity contribution in [2.24, 2.45) is 0 Å². The lowest BCUT2D eigenvalue weighted by atomic mass is 10.2. The average molecular weight is 239 g/mol. The van der Waals surface area contributed by atoms with Crippen LogP contribution in [0.25, 0.3) is 0 Å². The maximum atomic E-state index is 13.2. The average Bonchev–Trinajstić information content (AvgIpc) is 2.35. The van der Waals surface area contributed by atoms with Gasteiger partial charge < -0.3 is 10.2 Å². The van der Waals surface area contributed by atoms with E-state index in [2.05, 4.69) is 29.0 Å². The van der Waals surface area contributed by atoms with Crippen molar-refractivity contribution in [3.05, 3.63) is 29.8 Å². The summed E-state index contributed by atoms with van der Waals surface area (Å²) in [4.78, 5) is 17.4. The minimum Gasteiger partial charge on any atom is -0.351 e. The van der Waals surface area contributed by atoms with E-state index in [0.29, 0.717) is 6.54 Å². The molecule has 0 spiro atoms. The lowest BCUT2D eigenvalue weighted by Crippen LogP contribution is -2.35. The summed E-state index contributed by atoms with van der Waals surface area (Å²) in [5.74, 6) is -0.982. The SMILES string of the molecule is CCN(CC)CCNC(=O)c1ccncc1F. The minimum atomic E-state index is -0.590. The summed E-state index contributed by atoms with van der Waals surface area (Å²) >= 11 is 0. The van der Waals surface area contributed by atoms with Gasteiger partial charge in [0.2, 0.25) is 0 Å². The van der Waals surface area contributed by atoms with Gasteiger partial charge in [0, 0.05) is 19.3 Å². The monoisotopic (exact) mass is 239 g/mol. The Hall–Kier alpha value is -1.49. The lowest BCUT2D eigenvalue weighted by Gasteiger charge is -2.17. The number of halogens is 1. The molecular weight excluding hydrogens is 221 g/mol. The fourth-order valence-electron chi connectivity index (χ4n) is 1.52. The third-order valence-electron chi connectivity index (χ3n) is 2.63. The number of amides is 1. The smallest absolute Gasteiger partial charge is 0.254 e. The number of aromatic nitrogens is 1. The number of carbonyl (C=O) groups excluding carboxylic acids is 1. The molecule has 1 aromatic rings. The Morgan fingerprint density at radius 2 is 2.18 bits per heavy atom. The van der Waals surface area contributed by atoms with E-state index in [-0.39, 0.29) is 5.56 Å². The third-order valence-corrected chi connectivity index (χ3v) is 2.63. The van der Waals surface area contributed by atoms with Gasteiger partial charge in [0.1, 0.15) is 0 Å². The molecule has 17 heavy (non-hydrogen) atoms. The molecule has 0 aliphatic rings. The third kappa shape index (κ3) is 4.11. The molecule has 1 N–H and O–H groups in total. The van der Waals surface area contributed by atoms with Crippen molar-refractivity contribution in [2.45, 2.75) is 13.8 Å². The van der Waals surface area contributed by atoms with Crippen LogP contribution in [0.5, 0.6) is 0 Å².